The van der Waals surface area contributed by atoms with Crippen LogP contribution in [0.1, 0.15) is 26.3 Å². The van der Waals surface area contributed by atoms with Gasteiger partial charge >= 0.3 is 6.09 Å². The SMILES string of the molecule is CO[C@H]1N(C(=O)OC(C)(C)C)c2ccccc2[C@@]12CN=C(Nc1ccc(Cl)cc1)S2. The maximum Gasteiger partial charge on any atom is 0.417 e. The molecular weight excluding hydrogens is 422 g/mol. The summed E-state index contributed by atoms with van der Waals surface area (Å²) in [7, 11) is 1.61. The summed E-state index contributed by atoms with van der Waals surface area (Å²) >= 11 is 7.55. The van der Waals surface area contributed by atoms with Gasteiger partial charge in [0.05, 0.1) is 12.2 Å². The van der Waals surface area contributed by atoms with Gasteiger partial charge in [-0.1, -0.05) is 41.6 Å². The van der Waals surface area contributed by atoms with Crippen LogP contribution in [0.5, 0.6) is 0 Å². The highest BCUT2D eigenvalue weighted by molar-refractivity contribution is 8.15. The van der Waals surface area contributed by atoms with Crippen LogP contribution in [-0.4, -0.2) is 36.7 Å². The predicted molar refractivity (Wildman–Crippen MR) is 123 cm³/mol. The number of carbonyl (C=O) groups excluding carboxylic acids is 1. The molecule has 0 radical (unpaired) electrons. The van der Waals surface area contributed by atoms with Crippen molar-refractivity contribution < 1.29 is 14.3 Å². The normalized spacial score (nSPS) is 22.8. The van der Waals surface area contributed by atoms with E-state index < -0.39 is 22.7 Å². The number of thioether (sulfide) groups is 1. The third kappa shape index (κ3) is 3.77. The number of halogens is 1. The third-order valence-corrected chi connectivity index (χ3v) is 6.49. The molecule has 6 nitrogen and oxygen atoms in total. The number of nitrogens with zero attached hydrogens (tertiary/aromatic N) is 2. The van der Waals surface area contributed by atoms with Crippen molar-refractivity contribution in [3.8, 4) is 0 Å². The molecule has 0 aromatic heterocycles. The summed E-state index contributed by atoms with van der Waals surface area (Å²) in [5, 5.41) is 4.78. The van der Waals surface area contributed by atoms with Crippen molar-refractivity contribution in [2.45, 2.75) is 37.3 Å². The Morgan fingerprint density at radius 2 is 1.93 bits per heavy atom. The Morgan fingerprint density at radius 3 is 2.60 bits per heavy atom. The van der Waals surface area contributed by atoms with Crippen LogP contribution in [0.3, 0.4) is 0 Å². The topological polar surface area (TPSA) is 63.2 Å². The first kappa shape index (κ1) is 21.0. The monoisotopic (exact) mass is 445 g/mol. The lowest BCUT2D eigenvalue weighted by atomic mass is 9.99. The lowest BCUT2D eigenvalue weighted by Gasteiger charge is -2.33. The van der Waals surface area contributed by atoms with Gasteiger partial charge in [-0.05, 0) is 56.7 Å². The van der Waals surface area contributed by atoms with E-state index in [0.29, 0.717) is 11.6 Å². The second-order valence-corrected chi connectivity index (χ2v) is 9.96. The number of fused-ring (bicyclic) bond motifs is 2. The molecule has 2 heterocycles. The first-order chi connectivity index (χ1) is 14.2. The number of benzene rings is 2. The van der Waals surface area contributed by atoms with Crippen LogP contribution in [0.25, 0.3) is 0 Å². The second kappa shape index (κ2) is 7.80. The number of rotatable bonds is 2. The molecule has 0 fully saturated rings. The fourth-order valence-electron chi connectivity index (χ4n) is 3.73. The molecule has 30 heavy (non-hydrogen) atoms. The van der Waals surface area contributed by atoms with Crippen LogP contribution in [0.4, 0.5) is 16.2 Å². The number of nitrogens with one attached hydrogen (secondary N) is 1. The summed E-state index contributed by atoms with van der Waals surface area (Å²) in [6, 6.07) is 15.3. The van der Waals surface area contributed by atoms with Gasteiger partial charge in [-0.2, -0.15) is 0 Å². The average Bonchev–Trinajstić information content (AvgIpc) is 3.22. The lowest BCUT2D eigenvalue weighted by Crippen LogP contribution is -2.49. The zero-order valence-corrected chi connectivity index (χ0v) is 18.9. The number of methoxy groups -OCH3 is 1. The van der Waals surface area contributed by atoms with E-state index in [2.05, 4.69) is 5.32 Å². The van der Waals surface area contributed by atoms with E-state index in [1.807, 2.05) is 69.3 Å². The molecular formula is C22H24ClN3O3S. The van der Waals surface area contributed by atoms with E-state index in [-0.39, 0.29) is 0 Å². The molecule has 1 spiro atoms. The van der Waals surface area contributed by atoms with E-state index in [1.54, 1.807) is 23.8 Å². The van der Waals surface area contributed by atoms with Crippen LogP contribution >= 0.6 is 23.4 Å². The fraction of sp³-hybridized carbons (Fsp3) is 0.364. The van der Waals surface area contributed by atoms with Gasteiger partial charge in [0.1, 0.15) is 10.3 Å². The average molecular weight is 446 g/mol. The summed E-state index contributed by atoms with van der Waals surface area (Å²) in [6.45, 7) is 6.03. The fourth-order valence-corrected chi connectivity index (χ4v) is 5.21. The molecule has 2 aliphatic heterocycles. The minimum absolute atomic E-state index is 0.432. The highest BCUT2D eigenvalue weighted by Gasteiger charge is 2.57. The maximum atomic E-state index is 13.1. The van der Waals surface area contributed by atoms with E-state index >= 15 is 0 Å². The molecule has 2 aliphatic rings. The quantitative estimate of drug-likeness (QED) is 0.663. The van der Waals surface area contributed by atoms with Crippen molar-refractivity contribution in [1.82, 2.24) is 0 Å². The van der Waals surface area contributed by atoms with Crippen LogP contribution in [0.15, 0.2) is 53.5 Å². The van der Waals surface area contributed by atoms with E-state index in [0.717, 1.165) is 22.1 Å². The highest BCUT2D eigenvalue weighted by atomic mass is 35.5. The zero-order chi connectivity index (χ0) is 21.5. The Hall–Kier alpha value is -2.22. The second-order valence-electron chi connectivity index (χ2n) is 8.20. The number of amides is 1. The number of hydrogen-bond donors (Lipinski definition) is 1. The van der Waals surface area contributed by atoms with Gasteiger partial charge < -0.3 is 14.8 Å². The minimum atomic E-state index is -0.610. The van der Waals surface area contributed by atoms with Crippen LogP contribution in [-0.2, 0) is 14.2 Å². The standard InChI is InChI=1S/C22H24ClN3O3S/c1-21(2,3)29-20(27)26-17-8-6-5-7-16(17)22(18(26)28-4)13-24-19(30-22)25-15-11-9-14(23)10-12-15/h5-12,18H,13H2,1-4H3,(H,24,25)/t18-,22+/m1/s1. The molecule has 8 heteroatoms. The number of ether oxygens (including phenoxy) is 2. The number of amidine groups is 1. The lowest BCUT2D eigenvalue weighted by molar-refractivity contribution is 0.0337. The first-order valence-electron chi connectivity index (χ1n) is 9.64. The molecule has 2 aromatic rings. The van der Waals surface area contributed by atoms with Crippen LogP contribution < -0.4 is 10.2 Å². The van der Waals surface area contributed by atoms with Crippen LogP contribution in [0.2, 0.25) is 5.02 Å². The summed E-state index contributed by atoms with van der Waals surface area (Å²) in [5.41, 5.74) is 2.08. The Bertz CT molecular complexity index is 990. The summed E-state index contributed by atoms with van der Waals surface area (Å²) in [4.78, 5) is 19.4. The molecule has 1 amide bonds. The van der Waals surface area contributed by atoms with Crippen molar-refractivity contribution in [1.29, 1.82) is 0 Å². The van der Waals surface area contributed by atoms with Crippen molar-refractivity contribution in [3.63, 3.8) is 0 Å². The van der Waals surface area contributed by atoms with Crippen LogP contribution in [0, 0.1) is 0 Å². The third-order valence-electron chi connectivity index (χ3n) is 4.90. The number of para-hydroxylation sites is 1. The van der Waals surface area contributed by atoms with Gasteiger partial charge in [0, 0.05) is 17.8 Å². The Balaban J connectivity index is 1.65. The zero-order valence-electron chi connectivity index (χ0n) is 17.3. The van der Waals surface area contributed by atoms with Gasteiger partial charge in [0.25, 0.3) is 0 Å². The molecule has 4 rings (SSSR count). The van der Waals surface area contributed by atoms with Gasteiger partial charge in [-0.25, -0.2) is 9.69 Å². The maximum absolute atomic E-state index is 13.1. The Labute approximate surface area is 185 Å². The van der Waals surface area contributed by atoms with Gasteiger partial charge in [-0.15, -0.1) is 0 Å². The first-order valence-corrected chi connectivity index (χ1v) is 10.8. The summed E-state index contributed by atoms with van der Waals surface area (Å²) < 4.78 is 11.0. The summed E-state index contributed by atoms with van der Waals surface area (Å²) in [6.07, 6.45) is -0.985. The molecule has 0 bridgehead atoms. The molecule has 0 unspecified atom stereocenters. The molecule has 0 saturated heterocycles. The van der Waals surface area contributed by atoms with Gasteiger partial charge in [-0.3, -0.25) is 4.99 Å². The molecule has 1 N–H and O–H groups in total. The molecule has 158 valence electrons. The number of hydrogen-bond acceptors (Lipinski definition) is 6. The van der Waals surface area contributed by atoms with Crippen molar-refractivity contribution in [2.75, 3.05) is 23.9 Å². The number of anilines is 2. The largest absolute Gasteiger partial charge is 0.443 e. The molecule has 2 atom stereocenters. The molecule has 2 aromatic carbocycles. The van der Waals surface area contributed by atoms with Gasteiger partial charge in [0.15, 0.2) is 11.4 Å². The van der Waals surface area contributed by atoms with E-state index in [4.69, 9.17) is 26.1 Å². The van der Waals surface area contributed by atoms with Crippen molar-refractivity contribution in [2.24, 2.45) is 4.99 Å². The van der Waals surface area contributed by atoms with E-state index in [9.17, 15) is 4.79 Å². The Morgan fingerprint density at radius 1 is 1.23 bits per heavy atom. The number of aliphatic imine (C=N–C) groups is 1. The smallest absolute Gasteiger partial charge is 0.417 e. The molecule has 0 saturated carbocycles. The Kier molecular flexibility index (Phi) is 5.46. The highest BCUT2D eigenvalue weighted by Crippen LogP contribution is 2.55. The summed E-state index contributed by atoms with van der Waals surface area (Å²) in [5.74, 6) is 0. The van der Waals surface area contributed by atoms with E-state index in [1.165, 1.54) is 0 Å². The van der Waals surface area contributed by atoms with Gasteiger partial charge in [0.2, 0.25) is 0 Å². The minimum Gasteiger partial charge on any atom is -0.443 e. The molecule has 0 aliphatic carbocycles. The van der Waals surface area contributed by atoms with Crippen molar-refractivity contribution in [3.05, 3.63) is 59.1 Å². The number of carbonyl (C=O) groups is 1. The predicted octanol–water partition coefficient (Wildman–Crippen LogP) is 5.48. The van der Waals surface area contributed by atoms with Crippen molar-refractivity contribution >= 4 is 46.0 Å².